The quantitative estimate of drug-likeness (QED) is 0.460. The Hall–Kier alpha value is -2.21. The molecule has 3 rings (SSSR count). The van der Waals surface area contributed by atoms with Crippen molar-refractivity contribution in [3.8, 4) is 5.75 Å². The fraction of sp³-hybridized carbons (Fsp3) is 0.652. The SMILES string of the molecule is COc1ccc(S(=O)(=O)N(CC(C)C)C[C@@H](C)C(C=O)NC(=O)O[C@H]2CO[C@H]3OCC[C@H]32)cc1. The minimum atomic E-state index is -3.83. The predicted molar refractivity (Wildman–Crippen MR) is 123 cm³/mol. The number of rotatable bonds is 11. The van der Waals surface area contributed by atoms with Crippen molar-refractivity contribution in [2.24, 2.45) is 17.8 Å². The number of sulfonamides is 1. The van der Waals surface area contributed by atoms with Crippen molar-refractivity contribution in [1.29, 1.82) is 0 Å². The van der Waals surface area contributed by atoms with Crippen molar-refractivity contribution in [1.82, 2.24) is 9.62 Å². The number of carbonyl (C=O) groups is 2. The van der Waals surface area contributed by atoms with Crippen LogP contribution in [-0.4, -0.2) is 77.0 Å². The Morgan fingerprint density at radius 2 is 1.91 bits per heavy atom. The maximum Gasteiger partial charge on any atom is 0.408 e. The van der Waals surface area contributed by atoms with Crippen LogP contribution in [0.15, 0.2) is 29.2 Å². The van der Waals surface area contributed by atoms with E-state index in [0.717, 1.165) is 6.42 Å². The Bertz CT molecular complexity index is 937. The molecule has 1 unspecified atom stereocenters. The monoisotopic (exact) mass is 498 g/mol. The van der Waals surface area contributed by atoms with Gasteiger partial charge in [-0.05, 0) is 42.5 Å². The first-order valence-corrected chi connectivity index (χ1v) is 12.9. The summed E-state index contributed by atoms with van der Waals surface area (Å²) in [6.07, 6.45) is -0.192. The van der Waals surface area contributed by atoms with Crippen molar-refractivity contribution in [2.45, 2.75) is 50.5 Å². The number of alkyl carbamates (subject to hydrolysis) is 1. The summed E-state index contributed by atoms with van der Waals surface area (Å²) in [5.74, 6) is 0.0830. The van der Waals surface area contributed by atoms with Gasteiger partial charge in [-0.15, -0.1) is 0 Å². The summed E-state index contributed by atoms with van der Waals surface area (Å²) in [4.78, 5) is 24.4. The molecule has 2 fully saturated rings. The van der Waals surface area contributed by atoms with E-state index in [1.807, 2.05) is 13.8 Å². The molecule has 190 valence electrons. The number of fused-ring (bicyclic) bond motifs is 1. The number of hydrogen-bond donors (Lipinski definition) is 1. The minimum Gasteiger partial charge on any atom is -0.497 e. The van der Waals surface area contributed by atoms with E-state index in [-0.39, 0.29) is 42.7 Å². The van der Waals surface area contributed by atoms with Gasteiger partial charge in [-0.2, -0.15) is 4.31 Å². The van der Waals surface area contributed by atoms with E-state index in [2.05, 4.69) is 5.32 Å². The van der Waals surface area contributed by atoms with E-state index >= 15 is 0 Å². The van der Waals surface area contributed by atoms with Gasteiger partial charge < -0.3 is 29.1 Å². The number of hydrogen-bond acceptors (Lipinski definition) is 8. The number of ether oxygens (including phenoxy) is 4. The first kappa shape index (κ1) is 26.4. The van der Waals surface area contributed by atoms with Crippen LogP contribution in [0.3, 0.4) is 0 Å². The molecule has 5 atom stereocenters. The molecule has 2 aliphatic rings. The molecular formula is C23H34N2O8S. The summed E-state index contributed by atoms with van der Waals surface area (Å²) < 4.78 is 49.5. The van der Waals surface area contributed by atoms with E-state index in [4.69, 9.17) is 18.9 Å². The zero-order valence-corrected chi connectivity index (χ0v) is 20.8. The van der Waals surface area contributed by atoms with Crippen LogP contribution in [0.2, 0.25) is 0 Å². The molecule has 1 N–H and O–H groups in total. The third-order valence-corrected chi connectivity index (χ3v) is 7.89. The van der Waals surface area contributed by atoms with Gasteiger partial charge in [0, 0.05) is 13.1 Å². The van der Waals surface area contributed by atoms with Crippen LogP contribution in [0.5, 0.6) is 5.75 Å². The lowest BCUT2D eigenvalue weighted by atomic mass is 10.0. The van der Waals surface area contributed by atoms with Gasteiger partial charge >= 0.3 is 6.09 Å². The lowest BCUT2D eigenvalue weighted by Crippen LogP contribution is -2.47. The van der Waals surface area contributed by atoms with Gasteiger partial charge in [0.2, 0.25) is 10.0 Å². The normalized spacial score (nSPS) is 24.0. The average Bonchev–Trinajstić information content (AvgIpc) is 3.42. The number of aldehydes is 1. The van der Waals surface area contributed by atoms with E-state index in [9.17, 15) is 18.0 Å². The predicted octanol–water partition coefficient (Wildman–Crippen LogP) is 2.03. The first-order valence-electron chi connectivity index (χ1n) is 11.5. The molecule has 0 bridgehead atoms. The van der Waals surface area contributed by atoms with Crippen LogP contribution in [0, 0.1) is 17.8 Å². The molecule has 2 aliphatic heterocycles. The molecule has 2 heterocycles. The lowest BCUT2D eigenvalue weighted by molar-refractivity contribution is -0.110. The average molecular weight is 499 g/mol. The Morgan fingerprint density at radius 1 is 1.21 bits per heavy atom. The van der Waals surface area contributed by atoms with Gasteiger partial charge in [0.15, 0.2) is 6.29 Å². The summed E-state index contributed by atoms with van der Waals surface area (Å²) >= 11 is 0. The maximum atomic E-state index is 13.3. The molecule has 0 spiro atoms. The molecule has 1 aromatic carbocycles. The van der Waals surface area contributed by atoms with Crippen LogP contribution < -0.4 is 10.1 Å². The zero-order valence-electron chi connectivity index (χ0n) is 20.0. The topological polar surface area (TPSA) is 120 Å². The summed E-state index contributed by atoms with van der Waals surface area (Å²) in [6.45, 7) is 6.65. The minimum absolute atomic E-state index is 0.0194. The fourth-order valence-electron chi connectivity index (χ4n) is 4.18. The molecule has 1 aromatic rings. The number of benzene rings is 1. The summed E-state index contributed by atoms with van der Waals surface area (Å²) in [5, 5.41) is 2.57. The number of carbonyl (C=O) groups excluding carboxylic acids is 2. The van der Waals surface area contributed by atoms with Crippen LogP contribution in [0.1, 0.15) is 27.2 Å². The van der Waals surface area contributed by atoms with E-state index in [0.29, 0.717) is 18.6 Å². The molecule has 11 heteroatoms. The second-order valence-electron chi connectivity index (χ2n) is 9.14. The van der Waals surface area contributed by atoms with Crippen LogP contribution >= 0.6 is 0 Å². The molecule has 10 nitrogen and oxygen atoms in total. The van der Waals surface area contributed by atoms with E-state index in [1.54, 1.807) is 19.1 Å². The number of nitrogens with one attached hydrogen (secondary N) is 1. The molecule has 2 saturated heterocycles. The van der Waals surface area contributed by atoms with Crippen LogP contribution in [-0.2, 0) is 29.0 Å². The van der Waals surface area contributed by atoms with Crippen molar-refractivity contribution in [3.05, 3.63) is 24.3 Å². The second kappa shape index (κ2) is 11.5. The van der Waals surface area contributed by atoms with Crippen LogP contribution in [0.4, 0.5) is 4.79 Å². The third kappa shape index (κ3) is 6.26. The van der Waals surface area contributed by atoms with Gasteiger partial charge in [-0.25, -0.2) is 13.2 Å². The molecular weight excluding hydrogens is 464 g/mol. The fourth-order valence-corrected chi connectivity index (χ4v) is 5.88. The van der Waals surface area contributed by atoms with E-state index in [1.165, 1.54) is 23.5 Å². The van der Waals surface area contributed by atoms with Gasteiger partial charge in [0.25, 0.3) is 0 Å². The Kier molecular flexibility index (Phi) is 8.91. The maximum absolute atomic E-state index is 13.3. The lowest BCUT2D eigenvalue weighted by Gasteiger charge is -2.29. The van der Waals surface area contributed by atoms with Crippen molar-refractivity contribution < 1.29 is 37.0 Å². The smallest absolute Gasteiger partial charge is 0.408 e. The van der Waals surface area contributed by atoms with Gasteiger partial charge in [0.05, 0.1) is 37.2 Å². The van der Waals surface area contributed by atoms with Crippen molar-refractivity contribution in [2.75, 3.05) is 33.4 Å². The second-order valence-corrected chi connectivity index (χ2v) is 11.1. The van der Waals surface area contributed by atoms with Gasteiger partial charge in [0.1, 0.15) is 18.1 Å². The molecule has 0 aliphatic carbocycles. The Morgan fingerprint density at radius 3 is 2.53 bits per heavy atom. The van der Waals surface area contributed by atoms with Crippen molar-refractivity contribution in [3.63, 3.8) is 0 Å². The standard InChI is InChI=1S/C23H34N2O8S/c1-15(2)11-25(34(28,29)18-7-5-17(30-4)6-8-18)12-16(3)20(13-26)24-23(27)33-21-14-32-22-19(21)9-10-31-22/h5-8,13,15-16,19-22H,9-12,14H2,1-4H3,(H,24,27)/t16-,19+,20?,21+,22-/m1/s1. The number of amides is 1. The zero-order chi connectivity index (χ0) is 24.9. The molecule has 0 radical (unpaired) electrons. The number of methoxy groups -OCH3 is 1. The molecule has 34 heavy (non-hydrogen) atoms. The summed E-state index contributed by atoms with van der Waals surface area (Å²) in [5.41, 5.74) is 0. The molecule has 0 aromatic heterocycles. The highest BCUT2D eigenvalue weighted by Crippen LogP contribution is 2.33. The third-order valence-electron chi connectivity index (χ3n) is 6.05. The Labute approximate surface area is 200 Å². The summed E-state index contributed by atoms with van der Waals surface area (Å²) in [6, 6.07) is 5.22. The van der Waals surface area contributed by atoms with Gasteiger partial charge in [-0.3, -0.25) is 0 Å². The molecule has 1 amide bonds. The summed E-state index contributed by atoms with van der Waals surface area (Å²) in [7, 11) is -2.32. The highest BCUT2D eigenvalue weighted by molar-refractivity contribution is 7.89. The van der Waals surface area contributed by atoms with Gasteiger partial charge in [-0.1, -0.05) is 20.8 Å². The molecule has 0 saturated carbocycles. The van der Waals surface area contributed by atoms with E-state index < -0.39 is 34.2 Å². The van der Waals surface area contributed by atoms with Crippen LogP contribution in [0.25, 0.3) is 0 Å². The largest absolute Gasteiger partial charge is 0.497 e. The highest BCUT2D eigenvalue weighted by Gasteiger charge is 2.44. The first-order chi connectivity index (χ1) is 16.1. The Balaban J connectivity index is 1.65. The number of nitrogens with zero attached hydrogens (tertiary/aromatic N) is 1. The highest BCUT2D eigenvalue weighted by atomic mass is 32.2. The van der Waals surface area contributed by atoms with Crippen molar-refractivity contribution >= 4 is 22.4 Å².